The van der Waals surface area contributed by atoms with Gasteiger partial charge in [-0.25, -0.2) is 0 Å². The van der Waals surface area contributed by atoms with E-state index in [1.807, 2.05) is 0 Å². The second-order valence-electron chi connectivity index (χ2n) is 4.50. The lowest BCUT2D eigenvalue weighted by atomic mass is 10.2. The van der Waals surface area contributed by atoms with E-state index in [2.05, 4.69) is 63.7 Å². The van der Waals surface area contributed by atoms with E-state index >= 15 is 0 Å². The monoisotopic (exact) mass is 288 g/mol. The van der Waals surface area contributed by atoms with Crippen molar-refractivity contribution in [3.05, 3.63) is 48.6 Å². The Bertz CT molecular complexity index is 354. The summed E-state index contributed by atoms with van der Waals surface area (Å²) < 4.78 is 1.06. The summed E-state index contributed by atoms with van der Waals surface area (Å²) >= 11 is 0. The molecular weight excluding hydrogens is 264 g/mol. The van der Waals surface area contributed by atoms with Gasteiger partial charge in [-0.05, 0) is 13.0 Å². The molecule has 5 heteroatoms. The maximum absolute atomic E-state index is 9.47. The van der Waals surface area contributed by atoms with E-state index in [1.54, 1.807) is 0 Å². The molecule has 0 heterocycles. The standard InChI is InChI=1S/C11H18N.C3H5NO.ClH.H2O/c1-4-12(2,3)10-11-8-6-5-7-9-11;1-2-3(4)5;;/h5-9H,4,10H2,1-3H3;2H,1H2,(H2,4,5);1H;1H2/q+1;;;/p-1. The lowest BCUT2D eigenvalue weighted by molar-refractivity contribution is -0.901. The van der Waals surface area contributed by atoms with Gasteiger partial charge in [-0.1, -0.05) is 36.9 Å². The summed E-state index contributed by atoms with van der Waals surface area (Å²) in [5, 5.41) is 0. The van der Waals surface area contributed by atoms with Crippen LogP contribution >= 0.6 is 0 Å². The molecule has 4 N–H and O–H groups in total. The van der Waals surface area contributed by atoms with Crippen molar-refractivity contribution in [3.8, 4) is 0 Å². The normalized spacial score (nSPS) is 9.00. The highest BCUT2D eigenvalue weighted by atomic mass is 35.5. The quantitative estimate of drug-likeness (QED) is 0.511. The van der Waals surface area contributed by atoms with Crippen molar-refractivity contribution < 1.29 is 27.2 Å². The van der Waals surface area contributed by atoms with Crippen LogP contribution in [0.15, 0.2) is 43.0 Å². The maximum Gasteiger partial charge on any atom is 0.240 e. The second-order valence-corrected chi connectivity index (χ2v) is 4.50. The second kappa shape index (κ2) is 11.7. The number of amides is 1. The first-order valence-corrected chi connectivity index (χ1v) is 5.69. The fourth-order valence-corrected chi connectivity index (χ4v) is 1.19. The van der Waals surface area contributed by atoms with Crippen LogP contribution in [0.25, 0.3) is 0 Å². The first-order chi connectivity index (χ1) is 7.91. The van der Waals surface area contributed by atoms with Crippen molar-refractivity contribution in [2.45, 2.75) is 13.5 Å². The van der Waals surface area contributed by atoms with Gasteiger partial charge < -0.3 is 28.1 Å². The molecule has 19 heavy (non-hydrogen) atoms. The molecule has 0 radical (unpaired) electrons. The zero-order valence-electron chi connectivity index (χ0n) is 11.9. The number of carbonyl (C=O) groups is 1. The zero-order chi connectivity index (χ0) is 13.3. The molecule has 4 nitrogen and oxygen atoms in total. The molecule has 1 aromatic rings. The van der Waals surface area contributed by atoms with Crippen molar-refractivity contribution in [1.29, 1.82) is 0 Å². The molecule has 1 rings (SSSR count). The minimum Gasteiger partial charge on any atom is -1.00 e. The number of quaternary nitrogens is 1. The van der Waals surface area contributed by atoms with E-state index in [-0.39, 0.29) is 17.9 Å². The van der Waals surface area contributed by atoms with E-state index in [9.17, 15) is 4.79 Å². The number of primary amides is 1. The number of carbonyl (C=O) groups excluding carboxylic acids is 1. The third-order valence-electron chi connectivity index (χ3n) is 2.51. The molecule has 0 aliphatic heterocycles. The van der Waals surface area contributed by atoms with Gasteiger partial charge in [0.25, 0.3) is 0 Å². The fraction of sp³-hybridized carbons (Fsp3) is 0.357. The summed E-state index contributed by atoms with van der Waals surface area (Å²) in [7, 11) is 4.51. The molecule has 110 valence electrons. The number of nitrogens with zero attached hydrogens (tertiary/aromatic N) is 1. The van der Waals surface area contributed by atoms with Crippen molar-refractivity contribution in [2.75, 3.05) is 20.6 Å². The molecule has 0 unspecified atom stereocenters. The van der Waals surface area contributed by atoms with Gasteiger partial charge in [-0.3, -0.25) is 4.79 Å². The van der Waals surface area contributed by atoms with Crippen LogP contribution in [0.2, 0.25) is 0 Å². The van der Waals surface area contributed by atoms with E-state index in [4.69, 9.17) is 0 Å². The molecular formula is C14H25ClN2O2. The summed E-state index contributed by atoms with van der Waals surface area (Å²) in [5.41, 5.74) is 5.96. The summed E-state index contributed by atoms with van der Waals surface area (Å²) in [6, 6.07) is 10.6. The third kappa shape index (κ3) is 12.9. The molecule has 0 aliphatic carbocycles. The zero-order valence-corrected chi connectivity index (χ0v) is 12.7. The van der Waals surface area contributed by atoms with E-state index in [0.717, 1.165) is 17.1 Å². The largest absolute Gasteiger partial charge is 1.00 e. The number of rotatable bonds is 4. The number of hydrogen-bond donors (Lipinski definition) is 1. The van der Waals surface area contributed by atoms with Gasteiger partial charge in [0, 0.05) is 5.56 Å². The van der Waals surface area contributed by atoms with Gasteiger partial charge in [0.2, 0.25) is 5.91 Å². The Kier molecular flexibility index (Phi) is 14.1. The van der Waals surface area contributed by atoms with E-state index in [1.165, 1.54) is 12.1 Å². The average Bonchev–Trinajstić information content (AvgIpc) is 2.30. The Hall–Kier alpha value is -1.36. The SMILES string of the molecule is C=CC(N)=O.CC[N+](C)(C)Cc1ccccc1.O.[Cl-]. The molecule has 0 aliphatic rings. The van der Waals surface area contributed by atoms with Crippen LogP contribution in [0.4, 0.5) is 0 Å². The van der Waals surface area contributed by atoms with Gasteiger partial charge in [0.15, 0.2) is 0 Å². The van der Waals surface area contributed by atoms with Gasteiger partial charge >= 0.3 is 0 Å². The van der Waals surface area contributed by atoms with Crippen LogP contribution in [0.5, 0.6) is 0 Å². The van der Waals surface area contributed by atoms with Crippen molar-refractivity contribution >= 4 is 5.91 Å². The van der Waals surface area contributed by atoms with Crippen LogP contribution in [-0.4, -0.2) is 36.5 Å². The molecule has 0 bridgehead atoms. The third-order valence-corrected chi connectivity index (χ3v) is 2.51. The molecule has 1 aromatic carbocycles. The van der Waals surface area contributed by atoms with Gasteiger partial charge in [0.1, 0.15) is 6.54 Å². The summed E-state index contributed by atoms with van der Waals surface area (Å²) in [5.74, 6) is -0.481. The Morgan fingerprint density at radius 3 is 2.05 bits per heavy atom. The summed E-state index contributed by atoms with van der Waals surface area (Å²) in [4.78, 5) is 9.47. The molecule has 0 saturated carbocycles. The Morgan fingerprint density at radius 1 is 1.32 bits per heavy atom. The van der Waals surface area contributed by atoms with Crippen LogP contribution in [0, 0.1) is 0 Å². The lowest BCUT2D eigenvalue weighted by Crippen LogP contribution is -3.00. The predicted molar refractivity (Wildman–Crippen MR) is 75.8 cm³/mol. The van der Waals surface area contributed by atoms with Crippen molar-refractivity contribution in [3.63, 3.8) is 0 Å². The molecule has 1 amide bonds. The number of benzene rings is 1. The van der Waals surface area contributed by atoms with Gasteiger partial charge in [0.05, 0.1) is 20.6 Å². The van der Waals surface area contributed by atoms with E-state index < -0.39 is 5.91 Å². The first kappa shape index (κ1) is 22.8. The predicted octanol–water partition coefficient (Wildman–Crippen LogP) is -1.88. The Morgan fingerprint density at radius 2 is 1.74 bits per heavy atom. The maximum atomic E-state index is 9.47. The number of hydrogen-bond acceptors (Lipinski definition) is 1. The van der Waals surface area contributed by atoms with Crippen LogP contribution in [-0.2, 0) is 11.3 Å². The van der Waals surface area contributed by atoms with Gasteiger partial charge in [-0.15, -0.1) is 0 Å². The van der Waals surface area contributed by atoms with Gasteiger partial charge in [-0.2, -0.15) is 0 Å². The first-order valence-electron chi connectivity index (χ1n) is 5.69. The van der Waals surface area contributed by atoms with Crippen molar-refractivity contribution in [2.24, 2.45) is 5.73 Å². The fourth-order valence-electron chi connectivity index (χ4n) is 1.19. The van der Waals surface area contributed by atoms with Crippen molar-refractivity contribution in [1.82, 2.24) is 0 Å². The summed E-state index contributed by atoms with van der Waals surface area (Å²) in [6.45, 7) is 7.61. The van der Waals surface area contributed by atoms with E-state index in [0.29, 0.717) is 0 Å². The smallest absolute Gasteiger partial charge is 0.240 e. The lowest BCUT2D eigenvalue weighted by Gasteiger charge is -2.28. The molecule has 0 aromatic heterocycles. The number of halogens is 1. The number of nitrogens with two attached hydrogens (primary N) is 1. The minimum atomic E-state index is -0.481. The van der Waals surface area contributed by atoms with Crippen LogP contribution in [0.1, 0.15) is 12.5 Å². The highest BCUT2D eigenvalue weighted by molar-refractivity contribution is 5.84. The average molecular weight is 289 g/mol. The Balaban J connectivity index is -0.000000320. The molecule has 0 spiro atoms. The Labute approximate surface area is 122 Å². The molecule has 0 saturated heterocycles. The molecule has 0 atom stereocenters. The summed E-state index contributed by atoms with van der Waals surface area (Å²) in [6.07, 6.45) is 1.06. The highest BCUT2D eigenvalue weighted by Crippen LogP contribution is 2.07. The highest BCUT2D eigenvalue weighted by Gasteiger charge is 2.11. The van der Waals surface area contributed by atoms with Crippen LogP contribution in [0.3, 0.4) is 0 Å². The van der Waals surface area contributed by atoms with Crippen LogP contribution < -0.4 is 18.1 Å². The molecule has 0 fully saturated rings. The minimum absolute atomic E-state index is 0. The topological polar surface area (TPSA) is 74.6 Å².